The summed E-state index contributed by atoms with van der Waals surface area (Å²) in [5, 5.41) is 14.9. The molecule has 0 radical (unpaired) electrons. The van der Waals surface area contributed by atoms with Gasteiger partial charge in [0.2, 0.25) is 0 Å². The van der Waals surface area contributed by atoms with Crippen molar-refractivity contribution in [2.45, 2.75) is 6.42 Å². The molecular formula is C7H9N3O2. The molecule has 64 valence electrons. The molecule has 1 aromatic rings. The summed E-state index contributed by atoms with van der Waals surface area (Å²) < 4.78 is 0. The zero-order chi connectivity index (χ0) is 8.55. The minimum atomic E-state index is -0.950. The number of aromatic amines is 1. The maximum absolute atomic E-state index is 10.6. The van der Waals surface area contributed by atoms with E-state index >= 15 is 0 Å². The standard InChI is InChI=1S/C7H9N3O2/c11-7(12)6-5(4-8-9-6)10-2-1-3-10/h4H,1-3H2,(H,8,9)(H,11,12). The van der Waals surface area contributed by atoms with Gasteiger partial charge < -0.3 is 10.0 Å². The summed E-state index contributed by atoms with van der Waals surface area (Å²) >= 11 is 0. The zero-order valence-electron chi connectivity index (χ0n) is 6.45. The molecule has 0 unspecified atom stereocenters. The van der Waals surface area contributed by atoms with Gasteiger partial charge in [-0.1, -0.05) is 0 Å². The number of hydrogen-bond acceptors (Lipinski definition) is 3. The van der Waals surface area contributed by atoms with Crippen LogP contribution in [0.25, 0.3) is 0 Å². The van der Waals surface area contributed by atoms with Crippen LogP contribution in [0.1, 0.15) is 16.9 Å². The number of nitrogens with zero attached hydrogens (tertiary/aromatic N) is 2. The first-order valence-corrected chi connectivity index (χ1v) is 3.80. The van der Waals surface area contributed by atoms with Crippen molar-refractivity contribution in [3.05, 3.63) is 11.9 Å². The smallest absolute Gasteiger partial charge is 0.356 e. The second-order valence-electron chi connectivity index (χ2n) is 2.78. The van der Waals surface area contributed by atoms with Gasteiger partial charge in [0.15, 0.2) is 5.69 Å². The van der Waals surface area contributed by atoms with Crippen molar-refractivity contribution in [3.8, 4) is 0 Å². The fraction of sp³-hybridized carbons (Fsp3) is 0.429. The van der Waals surface area contributed by atoms with Crippen LogP contribution in [0.2, 0.25) is 0 Å². The van der Waals surface area contributed by atoms with E-state index in [0.29, 0.717) is 5.69 Å². The van der Waals surface area contributed by atoms with Crippen LogP contribution in [0.5, 0.6) is 0 Å². The maximum Gasteiger partial charge on any atom is 0.356 e. The topological polar surface area (TPSA) is 69.2 Å². The predicted octanol–water partition coefficient (Wildman–Crippen LogP) is 0.318. The van der Waals surface area contributed by atoms with E-state index in [2.05, 4.69) is 10.2 Å². The van der Waals surface area contributed by atoms with Gasteiger partial charge in [-0.3, -0.25) is 5.10 Å². The van der Waals surface area contributed by atoms with Crippen LogP contribution in [0, 0.1) is 0 Å². The number of H-pyrrole nitrogens is 1. The van der Waals surface area contributed by atoms with Crippen molar-refractivity contribution in [2.75, 3.05) is 18.0 Å². The van der Waals surface area contributed by atoms with Gasteiger partial charge in [0.05, 0.1) is 11.9 Å². The molecule has 2 rings (SSSR count). The third-order valence-electron chi connectivity index (χ3n) is 2.03. The number of carboxylic acids is 1. The first kappa shape index (κ1) is 7.15. The van der Waals surface area contributed by atoms with E-state index in [0.717, 1.165) is 19.5 Å². The number of anilines is 1. The second kappa shape index (κ2) is 2.51. The molecule has 5 heteroatoms. The van der Waals surface area contributed by atoms with E-state index in [1.807, 2.05) is 4.90 Å². The van der Waals surface area contributed by atoms with Gasteiger partial charge in [-0.2, -0.15) is 5.10 Å². The summed E-state index contributed by atoms with van der Waals surface area (Å²) in [5.74, 6) is -0.950. The molecule has 0 atom stereocenters. The van der Waals surface area contributed by atoms with Crippen molar-refractivity contribution < 1.29 is 9.90 Å². The van der Waals surface area contributed by atoms with E-state index in [1.54, 1.807) is 6.20 Å². The van der Waals surface area contributed by atoms with Crippen LogP contribution >= 0.6 is 0 Å². The Labute approximate surface area is 69.0 Å². The van der Waals surface area contributed by atoms with E-state index in [9.17, 15) is 4.79 Å². The monoisotopic (exact) mass is 167 g/mol. The zero-order valence-corrected chi connectivity index (χ0v) is 6.45. The molecule has 2 heterocycles. The Morgan fingerprint density at radius 2 is 2.42 bits per heavy atom. The Morgan fingerprint density at radius 1 is 1.67 bits per heavy atom. The first-order valence-electron chi connectivity index (χ1n) is 3.80. The summed E-state index contributed by atoms with van der Waals surface area (Å²) in [7, 11) is 0. The van der Waals surface area contributed by atoms with Gasteiger partial charge in [0, 0.05) is 13.1 Å². The average Bonchev–Trinajstić information content (AvgIpc) is 2.31. The van der Waals surface area contributed by atoms with Crippen molar-refractivity contribution >= 4 is 11.7 Å². The summed E-state index contributed by atoms with van der Waals surface area (Å²) in [6, 6.07) is 0. The van der Waals surface area contributed by atoms with Crippen LogP contribution in [-0.4, -0.2) is 34.4 Å². The fourth-order valence-electron chi connectivity index (χ4n) is 1.23. The minimum Gasteiger partial charge on any atom is -0.476 e. The first-order chi connectivity index (χ1) is 5.79. The molecule has 0 aromatic carbocycles. The molecule has 1 fully saturated rings. The van der Waals surface area contributed by atoms with Crippen LogP contribution in [0.3, 0.4) is 0 Å². The van der Waals surface area contributed by atoms with E-state index in [4.69, 9.17) is 5.11 Å². The van der Waals surface area contributed by atoms with Crippen molar-refractivity contribution in [3.63, 3.8) is 0 Å². The highest BCUT2D eigenvalue weighted by atomic mass is 16.4. The minimum absolute atomic E-state index is 0.190. The Bertz CT molecular complexity index is 303. The molecule has 1 aliphatic rings. The average molecular weight is 167 g/mol. The van der Waals surface area contributed by atoms with E-state index in [-0.39, 0.29) is 5.69 Å². The highest BCUT2D eigenvalue weighted by molar-refractivity contribution is 5.92. The largest absolute Gasteiger partial charge is 0.476 e. The molecule has 12 heavy (non-hydrogen) atoms. The molecule has 0 saturated carbocycles. The molecule has 5 nitrogen and oxygen atoms in total. The number of rotatable bonds is 2. The molecule has 0 amide bonds. The third kappa shape index (κ3) is 0.939. The Hall–Kier alpha value is -1.52. The van der Waals surface area contributed by atoms with E-state index < -0.39 is 5.97 Å². The Kier molecular flexibility index (Phi) is 1.49. The predicted molar refractivity (Wildman–Crippen MR) is 42.4 cm³/mol. The van der Waals surface area contributed by atoms with Crippen molar-refractivity contribution in [1.82, 2.24) is 10.2 Å². The van der Waals surface area contributed by atoms with Crippen LogP contribution in [0.4, 0.5) is 5.69 Å². The van der Waals surface area contributed by atoms with Gasteiger partial charge in [0.1, 0.15) is 0 Å². The number of nitrogens with one attached hydrogen (secondary N) is 1. The maximum atomic E-state index is 10.6. The Morgan fingerprint density at radius 3 is 2.92 bits per heavy atom. The highest BCUT2D eigenvalue weighted by Crippen LogP contribution is 2.22. The number of carboxylic acid groups (broad SMARTS) is 1. The number of aromatic carboxylic acids is 1. The molecule has 1 aliphatic heterocycles. The lowest BCUT2D eigenvalue weighted by Gasteiger charge is -2.32. The van der Waals surface area contributed by atoms with Gasteiger partial charge in [-0.05, 0) is 6.42 Å². The molecule has 1 aromatic heterocycles. The molecule has 1 saturated heterocycles. The number of hydrogen-bond donors (Lipinski definition) is 2. The molecule has 0 spiro atoms. The van der Waals surface area contributed by atoms with Crippen molar-refractivity contribution in [1.29, 1.82) is 0 Å². The lowest BCUT2D eigenvalue weighted by Crippen LogP contribution is -2.37. The van der Waals surface area contributed by atoms with Gasteiger partial charge in [0.25, 0.3) is 0 Å². The lowest BCUT2D eigenvalue weighted by atomic mass is 10.2. The van der Waals surface area contributed by atoms with Crippen LogP contribution in [-0.2, 0) is 0 Å². The third-order valence-corrected chi connectivity index (χ3v) is 2.03. The second-order valence-corrected chi connectivity index (χ2v) is 2.78. The number of aromatic nitrogens is 2. The molecule has 0 bridgehead atoms. The lowest BCUT2D eigenvalue weighted by molar-refractivity contribution is 0.0691. The summed E-state index contributed by atoms with van der Waals surface area (Å²) in [5.41, 5.74) is 0.892. The van der Waals surface area contributed by atoms with E-state index in [1.165, 1.54) is 0 Å². The summed E-state index contributed by atoms with van der Waals surface area (Å²) in [6.45, 7) is 1.86. The fourth-order valence-corrected chi connectivity index (χ4v) is 1.23. The van der Waals surface area contributed by atoms with Crippen LogP contribution < -0.4 is 4.90 Å². The van der Waals surface area contributed by atoms with Crippen molar-refractivity contribution in [2.24, 2.45) is 0 Å². The van der Waals surface area contributed by atoms with Gasteiger partial charge in [-0.25, -0.2) is 4.79 Å². The summed E-state index contributed by atoms with van der Waals surface area (Å²) in [4.78, 5) is 12.6. The Balaban J connectivity index is 2.29. The SMILES string of the molecule is O=C(O)c1[nH]ncc1N1CCC1. The normalized spacial score (nSPS) is 15.8. The van der Waals surface area contributed by atoms with Gasteiger partial charge in [-0.15, -0.1) is 0 Å². The molecular weight excluding hydrogens is 158 g/mol. The van der Waals surface area contributed by atoms with Crippen LogP contribution in [0.15, 0.2) is 6.20 Å². The quantitative estimate of drug-likeness (QED) is 0.665. The highest BCUT2D eigenvalue weighted by Gasteiger charge is 2.22. The van der Waals surface area contributed by atoms with Gasteiger partial charge >= 0.3 is 5.97 Å². The summed E-state index contributed by atoms with van der Waals surface area (Å²) in [6.07, 6.45) is 2.69. The molecule has 2 N–H and O–H groups in total. The number of carbonyl (C=O) groups is 1. The molecule has 0 aliphatic carbocycles.